The van der Waals surface area contributed by atoms with Crippen molar-refractivity contribution in [1.29, 1.82) is 0 Å². The lowest BCUT2D eigenvalue weighted by molar-refractivity contribution is 0.299. The lowest BCUT2D eigenvalue weighted by Gasteiger charge is -2.33. The molecule has 0 spiro atoms. The third-order valence-electron chi connectivity index (χ3n) is 5.36. The minimum Gasteiger partial charge on any atom is -0.493 e. The fourth-order valence-corrected chi connectivity index (χ4v) is 3.82. The van der Waals surface area contributed by atoms with Crippen LogP contribution in [0.15, 0.2) is 29.5 Å². The maximum absolute atomic E-state index is 5.68. The highest BCUT2D eigenvalue weighted by atomic mass is 16.5. The third kappa shape index (κ3) is 5.87. The van der Waals surface area contributed by atoms with Crippen molar-refractivity contribution in [2.75, 3.05) is 39.9 Å². The fraction of sp³-hybridized carbons (Fsp3) is 0.591. The quantitative estimate of drug-likeness (QED) is 0.373. The van der Waals surface area contributed by atoms with E-state index in [0.717, 1.165) is 75.1 Å². The van der Waals surface area contributed by atoms with Gasteiger partial charge < -0.3 is 19.7 Å². The van der Waals surface area contributed by atoms with E-state index in [0.29, 0.717) is 12.5 Å². The van der Waals surface area contributed by atoms with Crippen molar-refractivity contribution >= 4 is 5.96 Å². The zero-order valence-corrected chi connectivity index (χ0v) is 18.4. The summed E-state index contributed by atoms with van der Waals surface area (Å²) in [7, 11) is 1.67. The van der Waals surface area contributed by atoms with Crippen LogP contribution in [0.2, 0.25) is 0 Å². The SMILES string of the molecule is CCNC(=NCCCc1ccc(OC)c(OCC)c1)N1CCC(c2ncn[nH]2)CC1. The molecule has 164 valence electrons. The van der Waals surface area contributed by atoms with Gasteiger partial charge in [0.05, 0.1) is 13.7 Å². The van der Waals surface area contributed by atoms with Gasteiger partial charge in [0.2, 0.25) is 0 Å². The summed E-state index contributed by atoms with van der Waals surface area (Å²) in [5.74, 6) is 4.06. The molecule has 0 aliphatic carbocycles. The van der Waals surface area contributed by atoms with Gasteiger partial charge in [0.25, 0.3) is 0 Å². The molecule has 1 aliphatic heterocycles. The summed E-state index contributed by atoms with van der Waals surface area (Å²) in [6.45, 7) is 8.35. The summed E-state index contributed by atoms with van der Waals surface area (Å²) < 4.78 is 11.0. The Morgan fingerprint density at radius 2 is 2.10 bits per heavy atom. The van der Waals surface area contributed by atoms with E-state index in [-0.39, 0.29) is 0 Å². The van der Waals surface area contributed by atoms with Crippen LogP contribution in [0.5, 0.6) is 11.5 Å². The van der Waals surface area contributed by atoms with Gasteiger partial charge in [0.1, 0.15) is 12.2 Å². The largest absolute Gasteiger partial charge is 0.493 e. The second-order valence-electron chi connectivity index (χ2n) is 7.39. The normalized spacial score (nSPS) is 15.3. The number of nitrogens with zero attached hydrogens (tertiary/aromatic N) is 4. The van der Waals surface area contributed by atoms with E-state index >= 15 is 0 Å². The van der Waals surface area contributed by atoms with E-state index in [1.54, 1.807) is 13.4 Å². The molecule has 8 nitrogen and oxygen atoms in total. The van der Waals surface area contributed by atoms with Crippen molar-refractivity contribution in [2.24, 2.45) is 4.99 Å². The number of piperidine rings is 1. The summed E-state index contributed by atoms with van der Waals surface area (Å²) in [4.78, 5) is 11.5. The molecular formula is C22H34N6O2. The van der Waals surface area contributed by atoms with Crippen LogP contribution in [0.3, 0.4) is 0 Å². The minimum atomic E-state index is 0.459. The van der Waals surface area contributed by atoms with Gasteiger partial charge in [-0.05, 0) is 57.2 Å². The van der Waals surface area contributed by atoms with Crippen LogP contribution >= 0.6 is 0 Å². The Hall–Kier alpha value is -2.77. The van der Waals surface area contributed by atoms with Crippen LogP contribution in [-0.2, 0) is 6.42 Å². The zero-order chi connectivity index (χ0) is 21.2. The molecule has 1 aromatic carbocycles. The third-order valence-corrected chi connectivity index (χ3v) is 5.36. The van der Waals surface area contributed by atoms with E-state index in [1.165, 1.54) is 5.56 Å². The van der Waals surface area contributed by atoms with Gasteiger partial charge in [-0.1, -0.05) is 6.07 Å². The number of hydrogen-bond acceptors (Lipinski definition) is 5. The Kier molecular flexibility index (Phi) is 8.35. The average molecular weight is 415 g/mol. The molecule has 0 bridgehead atoms. The Morgan fingerprint density at radius 1 is 1.27 bits per heavy atom. The van der Waals surface area contributed by atoms with Crippen molar-refractivity contribution in [3.63, 3.8) is 0 Å². The van der Waals surface area contributed by atoms with E-state index < -0.39 is 0 Å². The van der Waals surface area contributed by atoms with Gasteiger partial charge in [-0.15, -0.1) is 0 Å². The molecule has 1 aromatic heterocycles. The zero-order valence-electron chi connectivity index (χ0n) is 18.4. The van der Waals surface area contributed by atoms with Crippen LogP contribution in [-0.4, -0.2) is 65.9 Å². The molecule has 2 N–H and O–H groups in total. The monoisotopic (exact) mass is 414 g/mol. The lowest BCUT2D eigenvalue weighted by Crippen LogP contribution is -2.45. The number of rotatable bonds is 9. The molecule has 1 fully saturated rings. The molecule has 0 amide bonds. The highest BCUT2D eigenvalue weighted by Gasteiger charge is 2.24. The Labute approximate surface area is 179 Å². The molecule has 0 radical (unpaired) electrons. The molecule has 0 atom stereocenters. The second kappa shape index (κ2) is 11.4. The van der Waals surface area contributed by atoms with Crippen molar-refractivity contribution in [2.45, 2.75) is 45.4 Å². The maximum atomic E-state index is 5.68. The van der Waals surface area contributed by atoms with E-state index in [1.807, 2.05) is 13.0 Å². The second-order valence-corrected chi connectivity index (χ2v) is 7.39. The fourth-order valence-electron chi connectivity index (χ4n) is 3.82. The summed E-state index contributed by atoms with van der Waals surface area (Å²) in [5, 5.41) is 10.4. The van der Waals surface area contributed by atoms with E-state index in [4.69, 9.17) is 14.5 Å². The van der Waals surface area contributed by atoms with Crippen LogP contribution in [0.4, 0.5) is 0 Å². The highest BCUT2D eigenvalue weighted by Crippen LogP contribution is 2.28. The number of aromatic amines is 1. The van der Waals surface area contributed by atoms with Gasteiger partial charge in [-0.2, -0.15) is 5.10 Å². The maximum Gasteiger partial charge on any atom is 0.193 e. The van der Waals surface area contributed by atoms with Crippen molar-refractivity contribution < 1.29 is 9.47 Å². The minimum absolute atomic E-state index is 0.459. The molecule has 0 unspecified atom stereocenters. The molecule has 2 heterocycles. The number of methoxy groups -OCH3 is 1. The average Bonchev–Trinajstić information content (AvgIpc) is 3.31. The van der Waals surface area contributed by atoms with Crippen LogP contribution in [0.25, 0.3) is 0 Å². The molecular weight excluding hydrogens is 380 g/mol. The first-order valence-corrected chi connectivity index (χ1v) is 10.9. The number of aromatic nitrogens is 3. The van der Waals surface area contributed by atoms with Gasteiger partial charge in [-0.25, -0.2) is 4.98 Å². The number of H-pyrrole nitrogens is 1. The number of hydrogen-bond donors (Lipinski definition) is 2. The molecule has 30 heavy (non-hydrogen) atoms. The number of nitrogens with one attached hydrogen (secondary N) is 2. The van der Waals surface area contributed by atoms with Gasteiger partial charge in [0.15, 0.2) is 17.5 Å². The molecule has 0 saturated carbocycles. The molecule has 8 heteroatoms. The molecule has 1 aliphatic rings. The summed E-state index contributed by atoms with van der Waals surface area (Å²) >= 11 is 0. The predicted molar refractivity (Wildman–Crippen MR) is 118 cm³/mol. The van der Waals surface area contributed by atoms with E-state index in [2.05, 4.69) is 44.5 Å². The van der Waals surface area contributed by atoms with Crippen molar-refractivity contribution in [3.8, 4) is 11.5 Å². The predicted octanol–water partition coefficient (Wildman–Crippen LogP) is 2.99. The summed E-state index contributed by atoms with van der Waals surface area (Å²) in [5.41, 5.74) is 1.24. The number of guanidine groups is 1. The van der Waals surface area contributed by atoms with Gasteiger partial charge >= 0.3 is 0 Å². The number of benzene rings is 1. The number of aryl methyl sites for hydroxylation is 1. The van der Waals surface area contributed by atoms with Crippen molar-refractivity contribution in [1.82, 2.24) is 25.4 Å². The molecule has 2 aromatic rings. The highest BCUT2D eigenvalue weighted by molar-refractivity contribution is 5.80. The van der Waals surface area contributed by atoms with Crippen molar-refractivity contribution in [3.05, 3.63) is 35.9 Å². The van der Waals surface area contributed by atoms with E-state index in [9.17, 15) is 0 Å². The number of ether oxygens (including phenoxy) is 2. The van der Waals surface area contributed by atoms with Crippen LogP contribution < -0.4 is 14.8 Å². The summed E-state index contributed by atoms with van der Waals surface area (Å²) in [6, 6.07) is 6.16. The first-order chi connectivity index (χ1) is 14.7. The first-order valence-electron chi connectivity index (χ1n) is 10.9. The van der Waals surface area contributed by atoms with Gasteiger partial charge in [0, 0.05) is 32.1 Å². The number of likely N-dealkylation sites (tertiary alicyclic amines) is 1. The molecule has 3 rings (SSSR count). The first kappa shape index (κ1) is 21.9. The standard InChI is InChI=1S/C22H34N6O2/c1-4-23-22(28-13-10-18(11-14-28)21-25-16-26-27-21)24-12-6-7-17-8-9-19(29-3)20(15-17)30-5-2/h8-9,15-16,18H,4-7,10-14H2,1-3H3,(H,23,24)(H,25,26,27). The van der Waals surface area contributed by atoms with Gasteiger partial charge in [-0.3, -0.25) is 10.1 Å². The Bertz CT molecular complexity index is 785. The number of aliphatic imine (C=N–C) groups is 1. The molecule has 1 saturated heterocycles. The van der Waals surface area contributed by atoms with Crippen LogP contribution in [0, 0.1) is 0 Å². The Balaban J connectivity index is 1.51. The van der Waals surface area contributed by atoms with Crippen LogP contribution in [0.1, 0.15) is 50.4 Å². The lowest BCUT2D eigenvalue weighted by atomic mass is 9.96. The topological polar surface area (TPSA) is 87.7 Å². The Morgan fingerprint density at radius 3 is 2.77 bits per heavy atom. The summed E-state index contributed by atoms with van der Waals surface area (Å²) in [6.07, 6.45) is 5.66. The smallest absolute Gasteiger partial charge is 0.193 e.